The number of likely N-dealkylation sites (N-methyl/N-ethyl adjacent to an activating group) is 1. The van der Waals surface area contributed by atoms with Gasteiger partial charge in [-0.3, -0.25) is 15.0 Å². The Morgan fingerprint density at radius 3 is 2.46 bits per heavy atom. The smallest absolute Gasteiger partial charge is 0.273 e. The van der Waals surface area contributed by atoms with Crippen molar-refractivity contribution in [2.45, 2.75) is 46.6 Å². The Morgan fingerprint density at radius 1 is 1.23 bits per heavy atom. The molecule has 11 heteroatoms. The van der Waals surface area contributed by atoms with Gasteiger partial charge in [-0.05, 0) is 37.5 Å². The number of nitrogens with zero attached hydrogens (tertiary/aromatic N) is 3. The van der Waals surface area contributed by atoms with E-state index >= 15 is 0 Å². The molecule has 0 aliphatic carbocycles. The van der Waals surface area contributed by atoms with E-state index in [1.165, 1.54) is 7.05 Å². The molecule has 214 valence electrons. The van der Waals surface area contributed by atoms with Crippen molar-refractivity contribution >= 4 is 40.2 Å². The van der Waals surface area contributed by atoms with Gasteiger partial charge in [-0.2, -0.15) is 0 Å². The van der Waals surface area contributed by atoms with E-state index in [1.807, 2.05) is 24.8 Å². The average Bonchev–Trinajstić information content (AvgIpc) is 3.18. The van der Waals surface area contributed by atoms with Gasteiger partial charge in [-0.25, -0.2) is 4.98 Å². The van der Waals surface area contributed by atoms with Gasteiger partial charge in [0.25, 0.3) is 5.91 Å². The van der Waals surface area contributed by atoms with Gasteiger partial charge in [0.15, 0.2) is 17.2 Å². The third-order valence-corrected chi connectivity index (χ3v) is 6.54. The van der Waals surface area contributed by atoms with Crippen molar-refractivity contribution in [1.82, 2.24) is 15.2 Å². The van der Waals surface area contributed by atoms with Crippen LogP contribution in [0.4, 0.5) is 5.69 Å². The molecule has 0 saturated heterocycles. The second-order valence-corrected chi connectivity index (χ2v) is 10.1. The lowest BCUT2D eigenvalue weighted by atomic mass is 9.84. The number of aliphatic hydroxyl groups is 1. The molecule has 39 heavy (non-hydrogen) atoms. The zero-order valence-corrected chi connectivity index (χ0v) is 25.5. The Bertz CT molecular complexity index is 1230. The Labute approximate surface area is 241 Å². The molecule has 2 heterocycles. The average molecular weight is 607 g/mol. The topological polar surface area (TPSA) is 128 Å². The van der Waals surface area contributed by atoms with Crippen LogP contribution < -0.4 is 19.7 Å². The second-order valence-electron chi connectivity index (χ2n) is 10.1. The number of fused-ring (bicyclic) bond motifs is 1. The van der Waals surface area contributed by atoms with Crippen molar-refractivity contribution in [1.29, 1.82) is 5.41 Å². The molecule has 1 aliphatic heterocycles. The number of aromatic nitrogens is 1. The molecule has 0 fully saturated rings. The van der Waals surface area contributed by atoms with Crippen molar-refractivity contribution in [3.05, 3.63) is 46.3 Å². The summed E-state index contributed by atoms with van der Waals surface area (Å²) in [6, 6.07) is 5.39. The minimum Gasteiger partial charge on any atom is -0.494 e. The first-order valence-corrected chi connectivity index (χ1v) is 12.8. The van der Waals surface area contributed by atoms with Crippen LogP contribution in [0, 0.1) is 5.41 Å². The monoisotopic (exact) mass is 605 g/mol. The highest BCUT2D eigenvalue weighted by Crippen LogP contribution is 2.40. The first-order valence-electron chi connectivity index (χ1n) is 12.8. The first-order chi connectivity index (χ1) is 18.0. The van der Waals surface area contributed by atoms with E-state index in [0.29, 0.717) is 49.0 Å². The maximum absolute atomic E-state index is 13.6. The Balaban J connectivity index is 0.00000533. The minimum absolute atomic E-state index is 0. The summed E-state index contributed by atoms with van der Waals surface area (Å²) in [6.45, 7) is 11.6. The predicted octanol–water partition coefficient (Wildman–Crippen LogP) is 3.57. The Kier molecular flexibility index (Phi) is 10.9. The lowest BCUT2D eigenvalue weighted by molar-refractivity contribution is 0.0949. The molecule has 10 nitrogen and oxygen atoms in total. The Morgan fingerprint density at radius 2 is 1.92 bits per heavy atom. The van der Waals surface area contributed by atoms with Crippen LogP contribution >= 0.6 is 17.0 Å². The van der Waals surface area contributed by atoms with Gasteiger partial charge in [0.05, 0.1) is 32.6 Å². The molecule has 2 aromatic rings. The van der Waals surface area contributed by atoms with Gasteiger partial charge in [0, 0.05) is 43.4 Å². The zero-order chi connectivity index (χ0) is 28.2. The fourth-order valence-corrected chi connectivity index (χ4v) is 4.59. The molecule has 1 aliphatic rings. The minimum atomic E-state index is -0.401. The molecule has 0 saturated carbocycles. The third kappa shape index (κ3) is 6.70. The number of ketones is 1. The summed E-state index contributed by atoms with van der Waals surface area (Å²) in [6.07, 6.45) is 0. The number of pyridine rings is 1. The number of benzene rings is 1. The molecule has 0 unspecified atom stereocenters. The number of Topliss-reactive ketones (excluding diaryl/α,β-unsaturated/α-hetero) is 1. The maximum Gasteiger partial charge on any atom is 0.273 e. The highest BCUT2D eigenvalue weighted by atomic mass is 79.9. The van der Waals surface area contributed by atoms with Crippen LogP contribution in [0.5, 0.6) is 11.5 Å². The molecule has 0 bridgehead atoms. The van der Waals surface area contributed by atoms with Crippen LogP contribution in [0.1, 0.15) is 72.3 Å². The van der Waals surface area contributed by atoms with Crippen LogP contribution in [0.15, 0.2) is 18.2 Å². The third-order valence-electron chi connectivity index (χ3n) is 6.54. The van der Waals surface area contributed by atoms with Crippen LogP contribution in [-0.4, -0.2) is 79.5 Å². The number of rotatable bonds is 11. The number of ether oxygens (including phenoxy) is 2. The van der Waals surface area contributed by atoms with E-state index in [0.717, 1.165) is 16.8 Å². The quantitative estimate of drug-likeness (QED) is 0.332. The Hall–Kier alpha value is -3.18. The number of hydrogen-bond acceptors (Lipinski definition) is 8. The highest BCUT2D eigenvalue weighted by Gasteiger charge is 2.32. The zero-order valence-electron chi connectivity index (χ0n) is 23.8. The number of nitrogens with one attached hydrogen (secondary N) is 2. The van der Waals surface area contributed by atoms with E-state index in [4.69, 9.17) is 14.9 Å². The van der Waals surface area contributed by atoms with Crippen LogP contribution in [0.3, 0.4) is 0 Å². The molecule has 3 N–H and O–H groups in total. The van der Waals surface area contributed by atoms with Gasteiger partial charge < -0.3 is 29.7 Å². The standard InChI is InChI=1S/C28H39N5O5.BrH/c1-8-32(10-11-34)20-13-17(12-19(25(20)37-7)28(3,4)5)21(35)16-33-15-18-14-22(38-9-2)24(27(36)30-6)31-23(18)26(33)29;/h12-14,29,34H,8-11,15-16H2,1-7H3,(H,30,36);1H. The molecule has 1 amide bonds. The fraction of sp³-hybridized carbons (Fsp3) is 0.500. The lowest BCUT2D eigenvalue weighted by Crippen LogP contribution is -2.31. The number of hydrogen-bond donors (Lipinski definition) is 3. The number of halogens is 1. The maximum atomic E-state index is 13.6. The number of anilines is 1. The summed E-state index contributed by atoms with van der Waals surface area (Å²) in [5.74, 6) is 0.558. The molecule has 3 rings (SSSR count). The molecular formula is C28H40BrN5O5. The predicted molar refractivity (Wildman–Crippen MR) is 157 cm³/mol. The molecule has 0 spiro atoms. The van der Waals surface area contributed by atoms with Gasteiger partial charge >= 0.3 is 0 Å². The van der Waals surface area contributed by atoms with E-state index in [9.17, 15) is 14.7 Å². The van der Waals surface area contributed by atoms with Crippen molar-refractivity contribution < 1.29 is 24.2 Å². The van der Waals surface area contributed by atoms with Gasteiger partial charge in [0.2, 0.25) is 0 Å². The summed E-state index contributed by atoms with van der Waals surface area (Å²) in [7, 11) is 3.13. The van der Waals surface area contributed by atoms with Crippen LogP contribution in [-0.2, 0) is 12.0 Å². The number of aliphatic hydroxyl groups excluding tert-OH is 1. The number of carbonyl (C=O) groups excluding carboxylic acids is 2. The summed E-state index contributed by atoms with van der Waals surface area (Å²) >= 11 is 0. The summed E-state index contributed by atoms with van der Waals surface area (Å²) in [4.78, 5) is 34.1. The van der Waals surface area contributed by atoms with E-state index in [2.05, 4.69) is 31.1 Å². The van der Waals surface area contributed by atoms with Gasteiger partial charge in [-0.15, -0.1) is 17.0 Å². The highest BCUT2D eigenvalue weighted by molar-refractivity contribution is 8.93. The first kappa shape index (κ1) is 32.0. The largest absolute Gasteiger partial charge is 0.494 e. The summed E-state index contributed by atoms with van der Waals surface area (Å²) in [5, 5.41) is 20.9. The lowest BCUT2D eigenvalue weighted by Gasteiger charge is -2.30. The van der Waals surface area contributed by atoms with E-state index in [-0.39, 0.29) is 52.9 Å². The van der Waals surface area contributed by atoms with Crippen LogP contribution in [0.25, 0.3) is 0 Å². The van der Waals surface area contributed by atoms with E-state index < -0.39 is 5.91 Å². The van der Waals surface area contributed by atoms with Crippen molar-refractivity contribution in [3.8, 4) is 11.5 Å². The summed E-state index contributed by atoms with van der Waals surface area (Å²) < 4.78 is 11.4. The second kappa shape index (κ2) is 13.3. The number of methoxy groups -OCH3 is 1. The number of amides is 1. The molecule has 1 aromatic heterocycles. The number of amidine groups is 1. The fourth-order valence-electron chi connectivity index (χ4n) is 4.59. The molecule has 0 radical (unpaired) electrons. The van der Waals surface area contributed by atoms with Gasteiger partial charge in [-0.1, -0.05) is 20.8 Å². The molecule has 1 aromatic carbocycles. The van der Waals surface area contributed by atoms with Crippen molar-refractivity contribution in [2.75, 3.05) is 51.9 Å². The van der Waals surface area contributed by atoms with Crippen LogP contribution in [0.2, 0.25) is 0 Å². The molecular weight excluding hydrogens is 566 g/mol. The van der Waals surface area contributed by atoms with Crippen molar-refractivity contribution in [3.63, 3.8) is 0 Å². The normalized spacial score (nSPS) is 12.5. The van der Waals surface area contributed by atoms with E-state index in [1.54, 1.807) is 24.1 Å². The SMILES string of the molecule is Br.CCOc1cc2c(nc1C(=O)NC)C(=N)N(CC(=O)c1cc(N(CC)CCO)c(OC)c(C(C)(C)C)c1)C2. The number of carbonyl (C=O) groups is 2. The van der Waals surface area contributed by atoms with Gasteiger partial charge in [0.1, 0.15) is 17.3 Å². The summed E-state index contributed by atoms with van der Waals surface area (Å²) in [5.41, 5.74) is 3.04. The van der Waals surface area contributed by atoms with Crippen molar-refractivity contribution in [2.24, 2.45) is 0 Å². The molecule has 0 atom stereocenters.